The van der Waals surface area contributed by atoms with Gasteiger partial charge in [-0.2, -0.15) is 0 Å². The van der Waals surface area contributed by atoms with Crippen molar-refractivity contribution in [1.29, 1.82) is 0 Å². The van der Waals surface area contributed by atoms with Gasteiger partial charge in [-0.25, -0.2) is 4.79 Å². The fourth-order valence-corrected chi connectivity index (χ4v) is 2.16. The quantitative estimate of drug-likeness (QED) is 0.738. The lowest BCUT2D eigenvalue weighted by Gasteiger charge is -2.26. The maximum absolute atomic E-state index is 11.9. The molecular weight excluding hydrogens is 258 g/mol. The fourth-order valence-electron chi connectivity index (χ4n) is 2.16. The lowest BCUT2D eigenvalue weighted by molar-refractivity contribution is -0.147. The van der Waals surface area contributed by atoms with Crippen molar-refractivity contribution in [2.75, 3.05) is 39.8 Å². The number of nitrogens with zero attached hydrogens (tertiary/aromatic N) is 2. The molecule has 116 valence electrons. The molecule has 1 fully saturated rings. The van der Waals surface area contributed by atoms with Crippen LogP contribution in [0.15, 0.2) is 0 Å². The van der Waals surface area contributed by atoms with Crippen molar-refractivity contribution < 1.29 is 14.7 Å². The molecule has 20 heavy (non-hydrogen) atoms. The van der Waals surface area contributed by atoms with Gasteiger partial charge in [0.25, 0.3) is 0 Å². The number of aliphatic carboxylic acids is 1. The Hall–Kier alpha value is -1.30. The molecule has 1 rings (SSSR count). The Morgan fingerprint density at radius 3 is 2.45 bits per heavy atom. The van der Waals surface area contributed by atoms with Crippen LogP contribution in [0.5, 0.6) is 0 Å². The van der Waals surface area contributed by atoms with Crippen LogP contribution in [0.2, 0.25) is 0 Å². The van der Waals surface area contributed by atoms with Gasteiger partial charge in [-0.1, -0.05) is 6.92 Å². The Bertz CT molecular complexity index is 343. The highest BCUT2D eigenvalue weighted by Gasteiger charge is 2.31. The molecule has 0 aromatic carbocycles. The SMILES string of the molecule is CCC(C)(CNC(=O)N(C)CCN1CCCC1)C(=O)O. The average molecular weight is 285 g/mol. The smallest absolute Gasteiger partial charge is 0.317 e. The Balaban J connectivity index is 2.31. The molecule has 0 aromatic rings. The molecule has 1 aliphatic rings. The summed E-state index contributed by atoms with van der Waals surface area (Å²) >= 11 is 0. The van der Waals surface area contributed by atoms with Gasteiger partial charge < -0.3 is 20.2 Å². The molecule has 1 heterocycles. The number of carbonyl (C=O) groups is 2. The second-order valence-corrected chi connectivity index (χ2v) is 5.85. The van der Waals surface area contributed by atoms with E-state index in [-0.39, 0.29) is 12.6 Å². The molecule has 1 atom stereocenters. The summed E-state index contributed by atoms with van der Waals surface area (Å²) in [4.78, 5) is 27.1. The Morgan fingerprint density at radius 2 is 1.95 bits per heavy atom. The first-order valence-corrected chi connectivity index (χ1v) is 7.34. The molecule has 0 bridgehead atoms. The van der Waals surface area contributed by atoms with E-state index in [2.05, 4.69) is 10.2 Å². The predicted molar refractivity (Wildman–Crippen MR) is 77.7 cm³/mol. The number of nitrogens with one attached hydrogen (secondary N) is 1. The summed E-state index contributed by atoms with van der Waals surface area (Å²) in [6.45, 7) is 7.41. The number of amides is 2. The van der Waals surface area contributed by atoms with Gasteiger partial charge in [0.1, 0.15) is 0 Å². The summed E-state index contributed by atoms with van der Waals surface area (Å²) < 4.78 is 0. The van der Waals surface area contributed by atoms with Gasteiger partial charge in [0.2, 0.25) is 0 Å². The summed E-state index contributed by atoms with van der Waals surface area (Å²) in [7, 11) is 1.75. The first-order chi connectivity index (χ1) is 9.39. The van der Waals surface area contributed by atoms with E-state index in [0.717, 1.165) is 19.6 Å². The van der Waals surface area contributed by atoms with Crippen LogP contribution in [-0.2, 0) is 4.79 Å². The minimum absolute atomic E-state index is 0.158. The normalized spacial score (nSPS) is 18.6. The van der Waals surface area contributed by atoms with E-state index < -0.39 is 11.4 Å². The molecule has 6 nitrogen and oxygen atoms in total. The third kappa shape index (κ3) is 4.67. The Labute approximate surface area is 121 Å². The number of carbonyl (C=O) groups excluding carboxylic acids is 1. The van der Waals surface area contributed by atoms with Crippen molar-refractivity contribution in [3.8, 4) is 0 Å². The first kappa shape index (κ1) is 16.8. The molecule has 0 radical (unpaired) electrons. The van der Waals surface area contributed by atoms with Crippen molar-refractivity contribution in [1.82, 2.24) is 15.1 Å². The van der Waals surface area contributed by atoms with E-state index >= 15 is 0 Å². The van der Waals surface area contributed by atoms with E-state index in [1.165, 1.54) is 12.8 Å². The number of likely N-dealkylation sites (tertiary alicyclic amines) is 1. The van der Waals surface area contributed by atoms with E-state index in [0.29, 0.717) is 13.0 Å². The molecule has 1 aliphatic heterocycles. The number of carboxylic acids is 1. The van der Waals surface area contributed by atoms with Gasteiger partial charge in [0.05, 0.1) is 5.41 Å². The lowest BCUT2D eigenvalue weighted by atomic mass is 9.88. The third-order valence-corrected chi connectivity index (χ3v) is 4.22. The molecule has 2 N–H and O–H groups in total. The van der Waals surface area contributed by atoms with Gasteiger partial charge in [-0.05, 0) is 39.3 Å². The summed E-state index contributed by atoms with van der Waals surface area (Å²) in [6, 6.07) is -0.204. The van der Waals surface area contributed by atoms with Crippen LogP contribution in [0.3, 0.4) is 0 Å². The van der Waals surface area contributed by atoms with Crippen LogP contribution in [-0.4, -0.2) is 66.7 Å². The molecule has 2 amide bonds. The highest BCUT2D eigenvalue weighted by Crippen LogP contribution is 2.19. The fraction of sp³-hybridized carbons (Fsp3) is 0.857. The molecule has 1 saturated heterocycles. The van der Waals surface area contributed by atoms with Crippen LogP contribution in [0.4, 0.5) is 4.79 Å². The Morgan fingerprint density at radius 1 is 1.35 bits per heavy atom. The van der Waals surface area contributed by atoms with Crippen LogP contribution in [0.25, 0.3) is 0 Å². The molecule has 0 aliphatic carbocycles. The zero-order chi connectivity index (χ0) is 15.2. The molecule has 0 saturated carbocycles. The molecular formula is C14H27N3O3. The van der Waals surface area contributed by atoms with Crippen LogP contribution < -0.4 is 5.32 Å². The van der Waals surface area contributed by atoms with Crippen molar-refractivity contribution in [2.45, 2.75) is 33.1 Å². The van der Waals surface area contributed by atoms with Gasteiger partial charge in [-0.3, -0.25) is 4.79 Å². The number of carboxylic acid groups (broad SMARTS) is 1. The van der Waals surface area contributed by atoms with Crippen molar-refractivity contribution in [3.05, 3.63) is 0 Å². The first-order valence-electron chi connectivity index (χ1n) is 7.34. The summed E-state index contributed by atoms with van der Waals surface area (Å²) in [5.74, 6) is -0.875. The highest BCUT2D eigenvalue weighted by atomic mass is 16.4. The molecule has 0 aromatic heterocycles. The van der Waals surface area contributed by atoms with Crippen molar-refractivity contribution in [3.63, 3.8) is 0 Å². The zero-order valence-corrected chi connectivity index (χ0v) is 12.8. The second-order valence-electron chi connectivity index (χ2n) is 5.85. The minimum atomic E-state index is -0.897. The van der Waals surface area contributed by atoms with Gasteiger partial charge in [-0.15, -0.1) is 0 Å². The van der Waals surface area contributed by atoms with Gasteiger partial charge in [0.15, 0.2) is 0 Å². The molecule has 6 heteroatoms. The second kappa shape index (κ2) is 7.47. The third-order valence-electron chi connectivity index (χ3n) is 4.22. The van der Waals surface area contributed by atoms with E-state index in [4.69, 9.17) is 5.11 Å². The van der Waals surface area contributed by atoms with Crippen LogP contribution >= 0.6 is 0 Å². The number of likely N-dealkylation sites (N-methyl/N-ethyl adjacent to an activating group) is 1. The van der Waals surface area contributed by atoms with Gasteiger partial charge >= 0.3 is 12.0 Å². The van der Waals surface area contributed by atoms with E-state index in [9.17, 15) is 9.59 Å². The molecule has 1 unspecified atom stereocenters. The van der Waals surface area contributed by atoms with E-state index in [1.54, 1.807) is 18.9 Å². The average Bonchev–Trinajstić information content (AvgIpc) is 2.94. The maximum atomic E-state index is 11.9. The lowest BCUT2D eigenvalue weighted by Crippen LogP contribution is -2.46. The number of hydrogen-bond acceptors (Lipinski definition) is 3. The van der Waals surface area contributed by atoms with Crippen molar-refractivity contribution >= 4 is 12.0 Å². The zero-order valence-electron chi connectivity index (χ0n) is 12.8. The Kier molecular flexibility index (Phi) is 6.26. The predicted octanol–water partition coefficient (Wildman–Crippen LogP) is 1.22. The number of hydrogen-bond donors (Lipinski definition) is 2. The maximum Gasteiger partial charge on any atom is 0.317 e. The van der Waals surface area contributed by atoms with Gasteiger partial charge in [0, 0.05) is 26.7 Å². The highest BCUT2D eigenvalue weighted by molar-refractivity contribution is 5.77. The topological polar surface area (TPSA) is 72.9 Å². The van der Waals surface area contributed by atoms with Crippen molar-refractivity contribution in [2.24, 2.45) is 5.41 Å². The summed E-state index contributed by atoms with van der Waals surface area (Å²) in [5, 5.41) is 11.9. The standard InChI is InChI=1S/C14H27N3O3/c1-4-14(2,12(18)19)11-15-13(20)16(3)9-10-17-7-5-6-8-17/h4-11H2,1-3H3,(H,15,20)(H,18,19). The van der Waals surface area contributed by atoms with E-state index in [1.807, 2.05) is 6.92 Å². The summed E-state index contributed by atoms with van der Waals surface area (Å²) in [5.41, 5.74) is -0.897. The molecule has 0 spiro atoms. The summed E-state index contributed by atoms with van der Waals surface area (Å²) in [6.07, 6.45) is 2.97. The van der Waals surface area contributed by atoms with Crippen LogP contribution in [0, 0.1) is 5.41 Å². The number of rotatable bonds is 7. The monoisotopic (exact) mass is 285 g/mol. The van der Waals surface area contributed by atoms with Crippen LogP contribution in [0.1, 0.15) is 33.1 Å². The number of urea groups is 1. The largest absolute Gasteiger partial charge is 0.481 e. The minimum Gasteiger partial charge on any atom is -0.481 e.